The molecule has 0 atom stereocenters. The third-order valence-electron chi connectivity index (χ3n) is 4.37. The predicted molar refractivity (Wildman–Crippen MR) is 114 cm³/mol. The minimum atomic E-state index is -0.405. The van der Waals surface area contributed by atoms with Crippen LogP contribution in [0.3, 0.4) is 0 Å². The molecule has 3 aromatic carbocycles. The van der Waals surface area contributed by atoms with Crippen molar-refractivity contribution >= 4 is 18.1 Å². The lowest BCUT2D eigenvalue weighted by Gasteiger charge is -2.19. The van der Waals surface area contributed by atoms with E-state index < -0.39 is 5.97 Å². The maximum atomic E-state index is 12.4. The monoisotopic (exact) mass is 402 g/mol. The van der Waals surface area contributed by atoms with Gasteiger partial charge in [0.2, 0.25) is 0 Å². The molecule has 0 aliphatic rings. The number of esters is 1. The van der Waals surface area contributed by atoms with Crippen LogP contribution in [0.15, 0.2) is 90.1 Å². The van der Waals surface area contributed by atoms with Crippen molar-refractivity contribution in [2.45, 2.75) is 6.04 Å². The first-order chi connectivity index (χ1) is 14.7. The summed E-state index contributed by atoms with van der Waals surface area (Å²) in [7, 11) is 1.33. The van der Waals surface area contributed by atoms with Crippen LogP contribution in [0.5, 0.6) is 0 Å². The van der Waals surface area contributed by atoms with Gasteiger partial charge in [0.1, 0.15) is 0 Å². The van der Waals surface area contributed by atoms with Gasteiger partial charge in [0.05, 0.1) is 24.9 Å². The van der Waals surface area contributed by atoms with E-state index in [1.54, 1.807) is 24.3 Å². The maximum Gasteiger partial charge on any atom is 0.337 e. The minimum Gasteiger partial charge on any atom is -0.465 e. The highest BCUT2D eigenvalue weighted by Crippen LogP contribution is 2.21. The Morgan fingerprint density at radius 3 is 2.00 bits per heavy atom. The molecule has 0 unspecified atom stereocenters. The number of ether oxygens (including phenoxy) is 1. The highest BCUT2D eigenvalue weighted by Gasteiger charge is 2.16. The van der Waals surface area contributed by atoms with Crippen molar-refractivity contribution in [2.75, 3.05) is 13.7 Å². The van der Waals surface area contributed by atoms with E-state index in [0.717, 1.165) is 16.7 Å². The minimum absolute atomic E-state index is 0.215. The predicted octanol–water partition coefficient (Wildman–Crippen LogP) is 3.73. The third kappa shape index (κ3) is 5.78. The molecule has 0 aliphatic carbocycles. The summed E-state index contributed by atoms with van der Waals surface area (Å²) in [6.07, 6.45) is 1.47. The van der Waals surface area contributed by atoms with E-state index in [0.29, 0.717) is 5.56 Å². The van der Waals surface area contributed by atoms with Crippen molar-refractivity contribution in [3.8, 4) is 0 Å². The second-order valence-corrected chi connectivity index (χ2v) is 6.44. The normalized spacial score (nSPS) is 10.7. The van der Waals surface area contributed by atoms with Crippen molar-refractivity contribution in [3.63, 3.8) is 0 Å². The Labute approximate surface area is 175 Å². The molecular formula is C24H22N2O4. The molecule has 1 amide bonds. The first-order valence-corrected chi connectivity index (χ1v) is 9.40. The van der Waals surface area contributed by atoms with E-state index in [2.05, 4.69) is 15.2 Å². The van der Waals surface area contributed by atoms with E-state index in [1.807, 2.05) is 60.7 Å². The van der Waals surface area contributed by atoms with Gasteiger partial charge < -0.3 is 14.9 Å². The standard InChI is InChI=1S/C24H22N2O4/c1-29-24(28)21-14-12-18(13-15-21)16-25-30-17-22(27)26-23(19-8-4-2-5-9-19)20-10-6-3-7-11-20/h2-16,23H,17H2,1H3,(H,26,27)/b25-16-. The second kappa shape index (κ2) is 10.6. The highest BCUT2D eigenvalue weighted by atomic mass is 16.6. The van der Waals surface area contributed by atoms with Crippen LogP contribution >= 0.6 is 0 Å². The number of oxime groups is 1. The van der Waals surface area contributed by atoms with Gasteiger partial charge in [-0.1, -0.05) is 78.0 Å². The Hall–Kier alpha value is -3.93. The summed E-state index contributed by atoms with van der Waals surface area (Å²) in [6.45, 7) is -0.215. The van der Waals surface area contributed by atoms with Gasteiger partial charge >= 0.3 is 5.97 Å². The molecule has 0 bridgehead atoms. The summed E-state index contributed by atoms with van der Waals surface area (Å²) in [5.74, 6) is -0.691. The Kier molecular flexibility index (Phi) is 7.33. The molecule has 0 saturated heterocycles. The largest absolute Gasteiger partial charge is 0.465 e. The average Bonchev–Trinajstić information content (AvgIpc) is 2.81. The molecule has 0 aromatic heterocycles. The lowest BCUT2D eigenvalue weighted by atomic mass is 9.99. The third-order valence-corrected chi connectivity index (χ3v) is 4.37. The Morgan fingerprint density at radius 1 is 0.900 bits per heavy atom. The number of hydrogen-bond acceptors (Lipinski definition) is 5. The molecule has 0 aliphatic heterocycles. The molecule has 30 heavy (non-hydrogen) atoms. The Balaban J connectivity index is 1.57. The molecule has 0 saturated carbocycles. The SMILES string of the molecule is COC(=O)c1ccc(/C=N\OCC(=O)NC(c2ccccc2)c2ccccc2)cc1. The number of nitrogens with one attached hydrogen (secondary N) is 1. The van der Waals surface area contributed by atoms with Crippen LogP contribution in [-0.2, 0) is 14.4 Å². The fourth-order valence-corrected chi connectivity index (χ4v) is 2.87. The molecule has 6 nitrogen and oxygen atoms in total. The van der Waals surface area contributed by atoms with E-state index in [4.69, 9.17) is 4.84 Å². The average molecular weight is 402 g/mol. The number of methoxy groups -OCH3 is 1. The van der Waals surface area contributed by atoms with Gasteiger partial charge in [-0.05, 0) is 28.8 Å². The van der Waals surface area contributed by atoms with Crippen LogP contribution in [0.1, 0.15) is 33.1 Å². The van der Waals surface area contributed by atoms with Crippen molar-refractivity contribution in [2.24, 2.45) is 5.16 Å². The molecule has 0 fully saturated rings. The first kappa shape index (κ1) is 20.8. The zero-order chi connectivity index (χ0) is 21.2. The van der Waals surface area contributed by atoms with E-state index >= 15 is 0 Å². The summed E-state index contributed by atoms with van der Waals surface area (Å²) in [6, 6.07) is 25.9. The van der Waals surface area contributed by atoms with Crippen LogP contribution in [-0.4, -0.2) is 31.8 Å². The molecule has 0 heterocycles. The fourth-order valence-electron chi connectivity index (χ4n) is 2.87. The Bertz CT molecular complexity index is 947. The molecule has 0 spiro atoms. The van der Waals surface area contributed by atoms with Crippen LogP contribution < -0.4 is 5.32 Å². The number of hydrogen-bond donors (Lipinski definition) is 1. The Morgan fingerprint density at radius 2 is 1.47 bits per heavy atom. The van der Waals surface area contributed by atoms with Gasteiger partial charge in [-0.3, -0.25) is 4.79 Å². The van der Waals surface area contributed by atoms with Gasteiger partial charge in [0.25, 0.3) is 5.91 Å². The fraction of sp³-hybridized carbons (Fsp3) is 0.125. The molecule has 0 radical (unpaired) electrons. The van der Waals surface area contributed by atoms with E-state index in [-0.39, 0.29) is 18.6 Å². The lowest BCUT2D eigenvalue weighted by molar-refractivity contribution is -0.126. The van der Waals surface area contributed by atoms with Crippen LogP contribution in [0.25, 0.3) is 0 Å². The summed E-state index contributed by atoms with van der Waals surface area (Å²) < 4.78 is 4.65. The molecular weight excluding hydrogens is 380 g/mol. The number of benzene rings is 3. The number of rotatable bonds is 8. The lowest BCUT2D eigenvalue weighted by Crippen LogP contribution is -2.31. The number of carbonyl (C=O) groups is 2. The number of carbonyl (C=O) groups excluding carboxylic acids is 2. The summed E-state index contributed by atoms with van der Waals surface area (Å²) in [5.41, 5.74) is 3.13. The molecule has 3 aromatic rings. The van der Waals surface area contributed by atoms with Crippen molar-refractivity contribution in [1.29, 1.82) is 0 Å². The van der Waals surface area contributed by atoms with Gasteiger partial charge in [0, 0.05) is 0 Å². The first-order valence-electron chi connectivity index (χ1n) is 9.40. The second-order valence-electron chi connectivity index (χ2n) is 6.44. The summed E-state index contributed by atoms with van der Waals surface area (Å²) in [5, 5.41) is 6.81. The number of nitrogens with zero attached hydrogens (tertiary/aromatic N) is 1. The van der Waals surface area contributed by atoms with E-state index in [1.165, 1.54) is 13.3 Å². The van der Waals surface area contributed by atoms with Crippen molar-refractivity contribution in [3.05, 3.63) is 107 Å². The smallest absolute Gasteiger partial charge is 0.337 e. The van der Waals surface area contributed by atoms with Crippen molar-refractivity contribution < 1.29 is 19.2 Å². The van der Waals surface area contributed by atoms with Crippen LogP contribution in [0.4, 0.5) is 0 Å². The molecule has 1 N–H and O–H groups in total. The van der Waals surface area contributed by atoms with Crippen LogP contribution in [0.2, 0.25) is 0 Å². The zero-order valence-electron chi connectivity index (χ0n) is 16.5. The van der Waals surface area contributed by atoms with Gasteiger partial charge in [0.15, 0.2) is 6.61 Å². The molecule has 152 valence electrons. The summed E-state index contributed by atoms with van der Waals surface area (Å²) in [4.78, 5) is 29.0. The van der Waals surface area contributed by atoms with Gasteiger partial charge in [-0.2, -0.15) is 0 Å². The van der Waals surface area contributed by atoms with Crippen LogP contribution in [0, 0.1) is 0 Å². The van der Waals surface area contributed by atoms with Crippen molar-refractivity contribution in [1.82, 2.24) is 5.32 Å². The number of amides is 1. The van der Waals surface area contributed by atoms with Gasteiger partial charge in [-0.15, -0.1) is 0 Å². The molecule has 6 heteroatoms. The summed E-state index contributed by atoms with van der Waals surface area (Å²) >= 11 is 0. The van der Waals surface area contributed by atoms with E-state index in [9.17, 15) is 9.59 Å². The molecule has 3 rings (SSSR count). The maximum absolute atomic E-state index is 12.4. The zero-order valence-corrected chi connectivity index (χ0v) is 16.5. The highest BCUT2D eigenvalue weighted by molar-refractivity contribution is 5.90. The topological polar surface area (TPSA) is 77.0 Å². The quantitative estimate of drug-likeness (QED) is 0.354. The van der Waals surface area contributed by atoms with Gasteiger partial charge in [-0.25, -0.2) is 4.79 Å².